The van der Waals surface area contributed by atoms with Gasteiger partial charge in [0.15, 0.2) is 0 Å². The average molecular weight is 273 g/mol. The zero-order valence-electron chi connectivity index (χ0n) is 10.4. The molecule has 0 spiro atoms. The number of fused-ring (bicyclic) bond motifs is 1. The Labute approximate surface area is 113 Å². The molecule has 3 nitrogen and oxygen atoms in total. The Morgan fingerprint density at radius 3 is 2.89 bits per heavy atom. The van der Waals surface area contributed by atoms with E-state index in [1.165, 1.54) is 6.20 Å². The van der Waals surface area contributed by atoms with E-state index in [-0.39, 0.29) is 5.82 Å². The van der Waals surface area contributed by atoms with Crippen LogP contribution in [-0.2, 0) is 6.42 Å². The maximum absolute atomic E-state index is 13.6. The van der Waals surface area contributed by atoms with Gasteiger partial charge in [-0.05, 0) is 30.2 Å². The fourth-order valence-corrected chi connectivity index (χ4v) is 3.27. The smallest absolute Gasteiger partial charge is 0.145 e. The van der Waals surface area contributed by atoms with Crippen LogP contribution in [0.15, 0.2) is 30.7 Å². The number of pyridine rings is 2. The number of nitrogens with zero attached hydrogens (tertiary/aromatic N) is 2. The van der Waals surface area contributed by atoms with Crippen LogP contribution in [0.4, 0.5) is 10.1 Å². The predicted molar refractivity (Wildman–Crippen MR) is 75.8 cm³/mol. The summed E-state index contributed by atoms with van der Waals surface area (Å²) in [6, 6.07) is 3.49. The van der Waals surface area contributed by atoms with Crippen LogP contribution in [0.2, 0.25) is 0 Å². The fourth-order valence-electron chi connectivity index (χ4n) is 2.06. The third-order valence-electron chi connectivity index (χ3n) is 3.14. The Kier molecular flexibility index (Phi) is 2.91. The highest BCUT2D eigenvalue weighted by molar-refractivity contribution is 7.19. The molecular weight excluding hydrogens is 261 g/mol. The molecule has 0 fully saturated rings. The van der Waals surface area contributed by atoms with E-state index >= 15 is 0 Å². The van der Waals surface area contributed by atoms with Crippen LogP contribution >= 0.6 is 11.3 Å². The first kappa shape index (κ1) is 12.0. The van der Waals surface area contributed by atoms with Crippen molar-refractivity contribution in [1.82, 2.24) is 9.97 Å². The van der Waals surface area contributed by atoms with Gasteiger partial charge in [0, 0.05) is 23.7 Å². The molecule has 19 heavy (non-hydrogen) atoms. The number of hydrogen-bond acceptors (Lipinski definition) is 4. The van der Waals surface area contributed by atoms with Gasteiger partial charge in [-0.3, -0.25) is 9.97 Å². The average Bonchev–Trinajstić information content (AvgIpc) is 2.72. The number of rotatable bonds is 2. The van der Waals surface area contributed by atoms with E-state index in [1.54, 1.807) is 35.9 Å². The summed E-state index contributed by atoms with van der Waals surface area (Å²) in [5.41, 5.74) is 9.30. The van der Waals surface area contributed by atoms with Crippen LogP contribution in [0.25, 0.3) is 10.2 Å². The highest BCUT2D eigenvalue weighted by Gasteiger charge is 2.13. The first-order valence-electron chi connectivity index (χ1n) is 5.87. The molecule has 3 rings (SSSR count). The Bertz CT molecular complexity index is 752. The maximum atomic E-state index is 13.6. The molecule has 0 unspecified atom stereocenters. The number of thiophene rings is 1. The summed E-state index contributed by atoms with van der Waals surface area (Å²) in [6.07, 6.45) is 5.09. The molecule has 0 saturated carbocycles. The second-order valence-electron chi connectivity index (χ2n) is 4.37. The number of nitrogens with two attached hydrogens (primary N) is 1. The second-order valence-corrected chi connectivity index (χ2v) is 5.48. The van der Waals surface area contributed by atoms with Gasteiger partial charge >= 0.3 is 0 Å². The normalized spacial score (nSPS) is 11.1. The van der Waals surface area contributed by atoms with Gasteiger partial charge in [0.1, 0.15) is 5.82 Å². The molecule has 0 aliphatic rings. The van der Waals surface area contributed by atoms with Gasteiger partial charge in [0.05, 0.1) is 22.1 Å². The molecule has 0 saturated heterocycles. The number of halogens is 1. The Morgan fingerprint density at radius 1 is 1.32 bits per heavy atom. The van der Waals surface area contributed by atoms with Crippen LogP contribution in [0, 0.1) is 12.7 Å². The van der Waals surface area contributed by atoms with E-state index in [9.17, 15) is 4.39 Å². The zero-order chi connectivity index (χ0) is 13.4. The minimum absolute atomic E-state index is 0.278. The van der Waals surface area contributed by atoms with Crippen molar-refractivity contribution in [3.63, 3.8) is 0 Å². The minimum atomic E-state index is -0.278. The largest absolute Gasteiger partial charge is 0.397 e. The zero-order valence-corrected chi connectivity index (χ0v) is 11.2. The molecule has 3 aromatic heterocycles. The quantitative estimate of drug-likeness (QED) is 0.779. The van der Waals surface area contributed by atoms with Gasteiger partial charge in [0.2, 0.25) is 0 Å². The summed E-state index contributed by atoms with van der Waals surface area (Å²) in [6.45, 7) is 2.00. The lowest BCUT2D eigenvalue weighted by atomic mass is 10.1. The summed E-state index contributed by atoms with van der Waals surface area (Å²) in [5.74, 6) is -0.278. The number of aromatic nitrogens is 2. The van der Waals surface area contributed by atoms with Gasteiger partial charge in [-0.15, -0.1) is 11.3 Å². The van der Waals surface area contributed by atoms with Crippen molar-refractivity contribution in [3.8, 4) is 0 Å². The Hall–Kier alpha value is -2.01. The maximum Gasteiger partial charge on any atom is 0.145 e. The van der Waals surface area contributed by atoms with Crippen molar-refractivity contribution in [2.45, 2.75) is 13.3 Å². The van der Waals surface area contributed by atoms with Crippen LogP contribution in [-0.4, -0.2) is 9.97 Å². The molecule has 0 aliphatic carbocycles. The van der Waals surface area contributed by atoms with Crippen molar-refractivity contribution < 1.29 is 4.39 Å². The molecule has 96 valence electrons. The standard InChI is InChI=1S/C14H12FN3S/c1-8-12(6-9-2-4-17-7-10(9)15)19-14-11(16)3-5-18-13(8)14/h2-5,7H,6H2,1H3,(H2,16,18). The monoisotopic (exact) mass is 273 g/mol. The number of aryl methyl sites for hydroxylation is 1. The number of hydrogen-bond donors (Lipinski definition) is 1. The molecule has 0 aromatic carbocycles. The molecule has 5 heteroatoms. The van der Waals surface area contributed by atoms with Crippen molar-refractivity contribution >= 4 is 27.2 Å². The first-order valence-corrected chi connectivity index (χ1v) is 6.69. The van der Waals surface area contributed by atoms with Crippen molar-refractivity contribution in [2.75, 3.05) is 5.73 Å². The highest BCUT2D eigenvalue weighted by atomic mass is 32.1. The van der Waals surface area contributed by atoms with E-state index in [2.05, 4.69) is 9.97 Å². The summed E-state index contributed by atoms with van der Waals surface area (Å²) in [7, 11) is 0. The molecule has 0 aliphatic heterocycles. The van der Waals surface area contributed by atoms with Gasteiger partial charge in [0.25, 0.3) is 0 Å². The topological polar surface area (TPSA) is 51.8 Å². The van der Waals surface area contributed by atoms with Crippen LogP contribution in [0.1, 0.15) is 16.0 Å². The van der Waals surface area contributed by atoms with E-state index in [1.807, 2.05) is 6.92 Å². The third kappa shape index (κ3) is 2.06. The van der Waals surface area contributed by atoms with Crippen LogP contribution in [0.5, 0.6) is 0 Å². The lowest BCUT2D eigenvalue weighted by molar-refractivity contribution is 0.607. The molecule has 0 amide bonds. The fraction of sp³-hybridized carbons (Fsp3) is 0.143. The highest BCUT2D eigenvalue weighted by Crippen LogP contribution is 2.34. The number of anilines is 1. The van der Waals surface area contributed by atoms with Gasteiger partial charge in [-0.25, -0.2) is 4.39 Å². The SMILES string of the molecule is Cc1c(Cc2ccncc2F)sc2c(N)ccnc12. The molecular formula is C14H12FN3S. The Morgan fingerprint density at radius 2 is 2.16 bits per heavy atom. The molecule has 3 heterocycles. The van der Waals surface area contributed by atoms with E-state index in [0.29, 0.717) is 12.0 Å². The lowest BCUT2D eigenvalue weighted by Gasteiger charge is -2.01. The molecule has 3 aromatic rings. The van der Waals surface area contributed by atoms with E-state index in [0.717, 1.165) is 26.3 Å². The summed E-state index contributed by atoms with van der Waals surface area (Å²) in [4.78, 5) is 9.20. The summed E-state index contributed by atoms with van der Waals surface area (Å²) < 4.78 is 14.6. The number of nitrogen functional groups attached to an aromatic ring is 1. The first-order chi connectivity index (χ1) is 9.16. The molecule has 0 radical (unpaired) electrons. The predicted octanol–water partition coefficient (Wildman–Crippen LogP) is 3.31. The minimum Gasteiger partial charge on any atom is -0.397 e. The summed E-state index contributed by atoms with van der Waals surface area (Å²) >= 11 is 1.58. The Balaban J connectivity index is 2.09. The van der Waals surface area contributed by atoms with Crippen LogP contribution in [0.3, 0.4) is 0 Å². The van der Waals surface area contributed by atoms with E-state index < -0.39 is 0 Å². The molecule has 0 atom stereocenters. The molecule has 2 N–H and O–H groups in total. The van der Waals surface area contributed by atoms with Gasteiger partial charge in [-0.1, -0.05) is 0 Å². The van der Waals surface area contributed by atoms with Gasteiger partial charge < -0.3 is 5.73 Å². The van der Waals surface area contributed by atoms with Crippen LogP contribution < -0.4 is 5.73 Å². The van der Waals surface area contributed by atoms with Crippen molar-refractivity contribution in [3.05, 3.63) is 52.5 Å². The second kappa shape index (κ2) is 4.59. The van der Waals surface area contributed by atoms with E-state index in [4.69, 9.17) is 5.73 Å². The molecule has 0 bridgehead atoms. The summed E-state index contributed by atoms with van der Waals surface area (Å²) in [5, 5.41) is 0. The lowest BCUT2D eigenvalue weighted by Crippen LogP contribution is -1.92. The van der Waals surface area contributed by atoms with Crippen molar-refractivity contribution in [1.29, 1.82) is 0 Å². The van der Waals surface area contributed by atoms with Crippen molar-refractivity contribution in [2.24, 2.45) is 0 Å². The third-order valence-corrected chi connectivity index (χ3v) is 4.47. The van der Waals surface area contributed by atoms with Gasteiger partial charge in [-0.2, -0.15) is 0 Å².